The van der Waals surface area contributed by atoms with Gasteiger partial charge >= 0.3 is 0 Å². The summed E-state index contributed by atoms with van der Waals surface area (Å²) < 4.78 is 26.8. The summed E-state index contributed by atoms with van der Waals surface area (Å²) in [6.07, 6.45) is 1.32. The van der Waals surface area contributed by atoms with Crippen LogP contribution in [0.25, 0.3) is 0 Å². The first-order chi connectivity index (χ1) is 9.85. The van der Waals surface area contributed by atoms with Crippen LogP contribution in [-0.2, 0) is 10.0 Å². The molecular formula is C12H6Cl3N3O2S. The van der Waals surface area contributed by atoms with Gasteiger partial charge in [-0.1, -0.05) is 34.8 Å². The largest absolute Gasteiger partial charge is 0.278 e. The van der Waals surface area contributed by atoms with E-state index >= 15 is 0 Å². The number of anilines is 1. The Hall–Kier alpha value is -1.52. The summed E-state index contributed by atoms with van der Waals surface area (Å²) >= 11 is 17.5. The lowest BCUT2D eigenvalue weighted by molar-refractivity contribution is 0.600. The van der Waals surface area contributed by atoms with Gasteiger partial charge in [-0.2, -0.15) is 5.26 Å². The third-order valence-corrected chi connectivity index (χ3v) is 4.85. The molecule has 108 valence electrons. The summed E-state index contributed by atoms with van der Waals surface area (Å²) in [7, 11) is -4.03. The second-order valence-electron chi connectivity index (χ2n) is 3.81. The first-order valence-corrected chi connectivity index (χ1v) is 7.99. The summed E-state index contributed by atoms with van der Waals surface area (Å²) in [5, 5.41) is 9.33. The number of hydrogen-bond acceptors (Lipinski definition) is 4. The molecule has 0 radical (unpaired) electrons. The van der Waals surface area contributed by atoms with Gasteiger partial charge in [0.25, 0.3) is 10.0 Å². The van der Waals surface area contributed by atoms with Gasteiger partial charge in [0.05, 0.1) is 20.8 Å². The van der Waals surface area contributed by atoms with E-state index in [1.54, 1.807) is 6.07 Å². The van der Waals surface area contributed by atoms with Gasteiger partial charge in [0.15, 0.2) is 5.69 Å². The van der Waals surface area contributed by atoms with Crippen molar-refractivity contribution in [2.45, 2.75) is 4.90 Å². The SMILES string of the molecule is N#Cc1ncccc1S(=O)(=O)Nc1cc(Cl)c(Cl)cc1Cl. The number of nitrogens with one attached hydrogen (secondary N) is 1. The molecule has 1 heterocycles. The lowest BCUT2D eigenvalue weighted by atomic mass is 10.3. The molecule has 2 aromatic rings. The first kappa shape index (κ1) is 15.9. The molecule has 0 unspecified atom stereocenters. The van der Waals surface area contributed by atoms with E-state index < -0.39 is 10.0 Å². The van der Waals surface area contributed by atoms with E-state index in [1.807, 2.05) is 0 Å². The minimum Gasteiger partial charge on any atom is -0.278 e. The van der Waals surface area contributed by atoms with Gasteiger partial charge in [-0.05, 0) is 24.3 Å². The lowest BCUT2D eigenvalue weighted by Crippen LogP contribution is -2.15. The third-order valence-electron chi connectivity index (χ3n) is 2.42. The highest BCUT2D eigenvalue weighted by molar-refractivity contribution is 7.92. The predicted octanol–water partition coefficient (Wildman–Crippen LogP) is 3.71. The van der Waals surface area contributed by atoms with Crippen LogP contribution in [0.15, 0.2) is 35.4 Å². The summed E-state index contributed by atoms with van der Waals surface area (Å²) in [5.74, 6) is 0. The molecule has 0 fully saturated rings. The Morgan fingerprint density at radius 3 is 2.48 bits per heavy atom. The number of pyridine rings is 1. The van der Waals surface area contributed by atoms with Crippen molar-refractivity contribution in [3.8, 4) is 6.07 Å². The Morgan fingerprint density at radius 2 is 1.81 bits per heavy atom. The zero-order chi connectivity index (χ0) is 15.6. The smallest absolute Gasteiger partial charge is 0.264 e. The van der Waals surface area contributed by atoms with E-state index in [1.165, 1.54) is 30.5 Å². The predicted molar refractivity (Wildman–Crippen MR) is 81.2 cm³/mol. The molecule has 0 aliphatic heterocycles. The van der Waals surface area contributed by atoms with Crippen molar-refractivity contribution in [2.24, 2.45) is 0 Å². The third kappa shape index (κ3) is 3.39. The number of hydrogen-bond donors (Lipinski definition) is 1. The highest BCUT2D eigenvalue weighted by atomic mass is 35.5. The van der Waals surface area contributed by atoms with Crippen LogP contribution < -0.4 is 4.72 Å². The summed E-state index contributed by atoms with van der Waals surface area (Å²) in [4.78, 5) is 3.44. The van der Waals surface area contributed by atoms with Crippen molar-refractivity contribution in [3.05, 3.63) is 51.2 Å². The molecule has 0 saturated heterocycles. The van der Waals surface area contributed by atoms with Gasteiger partial charge in [0.2, 0.25) is 0 Å². The first-order valence-electron chi connectivity index (χ1n) is 5.37. The number of benzene rings is 1. The van der Waals surface area contributed by atoms with Crippen molar-refractivity contribution in [1.29, 1.82) is 5.26 Å². The fourth-order valence-corrected chi connectivity index (χ4v) is 3.32. The number of nitrogens with zero attached hydrogens (tertiary/aromatic N) is 2. The standard InChI is InChI=1S/C12H6Cl3N3O2S/c13-7-4-9(15)10(5-8(7)14)18-21(19,20)12-2-1-3-17-11(12)6-16/h1-5,18H. The van der Waals surface area contributed by atoms with Crippen LogP contribution in [-0.4, -0.2) is 13.4 Å². The molecule has 0 amide bonds. The van der Waals surface area contributed by atoms with E-state index in [0.717, 1.165) is 0 Å². The van der Waals surface area contributed by atoms with E-state index in [2.05, 4.69) is 9.71 Å². The summed E-state index contributed by atoms with van der Waals surface area (Å²) in [6, 6.07) is 6.99. The molecule has 9 heteroatoms. The molecule has 0 atom stereocenters. The van der Waals surface area contributed by atoms with Gasteiger partial charge in [0.1, 0.15) is 11.0 Å². The molecule has 0 spiro atoms. The highest BCUT2D eigenvalue weighted by Crippen LogP contribution is 2.33. The lowest BCUT2D eigenvalue weighted by Gasteiger charge is -2.11. The molecule has 1 aromatic heterocycles. The molecule has 2 rings (SSSR count). The minimum absolute atomic E-state index is 0.0545. The average molecular weight is 363 g/mol. The normalized spacial score (nSPS) is 11.0. The zero-order valence-corrected chi connectivity index (χ0v) is 13.2. The van der Waals surface area contributed by atoms with Gasteiger partial charge < -0.3 is 0 Å². The maximum Gasteiger partial charge on any atom is 0.264 e. The zero-order valence-electron chi connectivity index (χ0n) is 10.1. The van der Waals surface area contributed by atoms with Gasteiger partial charge in [-0.15, -0.1) is 0 Å². The second kappa shape index (κ2) is 6.08. The molecule has 0 aliphatic carbocycles. The van der Waals surface area contributed by atoms with Crippen LogP contribution in [0.4, 0.5) is 5.69 Å². The van der Waals surface area contributed by atoms with Crippen LogP contribution in [0.1, 0.15) is 5.69 Å². The van der Waals surface area contributed by atoms with Gasteiger partial charge in [0, 0.05) is 6.20 Å². The number of nitriles is 1. The van der Waals surface area contributed by atoms with Gasteiger partial charge in [-0.25, -0.2) is 13.4 Å². The van der Waals surface area contributed by atoms with Crippen molar-refractivity contribution in [1.82, 2.24) is 4.98 Å². The van der Waals surface area contributed by atoms with E-state index in [-0.39, 0.29) is 31.3 Å². The molecule has 0 aliphatic rings. The van der Waals surface area contributed by atoms with Crippen molar-refractivity contribution in [2.75, 3.05) is 4.72 Å². The fourth-order valence-electron chi connectivity index (χ4n) is 1.49. The number of rotatable bonds is 3. The molecule has 1 N–H and O–H groups in total. The number of aromatic nitrogens is 1. The van der Waals surface area contributed by atoms with Crippen LogP contribution in [0, 0.1) is 11.3 Å². The Morgan fingerprint density at radius 1 is 1.14 bits per heavy atom. The van der Waals surface area contributed by atoms with Gasteiger partial charge in [-0.3, -0.25) is 4.72 Å². The Balaban J connectivity index is 2.48. The van der Waals surface area contributed by atoms with E-state index in [4.69, 9.17) is 40.1 Å². The minimum atomic E-state index is -4.03. The summed E-state index contributed by atoms with van der Waals surface area (Å²) in [5.41, 5.74) is -0.167. The van der Waals surface area contributed by atoms with Crippen LogP contribution in [0.3, 0.4) is 0 Å². The number of sulfonamides is 1. The molecule has 0 saturated carbocycles. The molecule has 5 nitrogen and oxygen atoms in total. The van der Waals surface area contributed by atoms with Crippen molar-refractivity contribution < 1.29 is 8.42 Å². The fraction of sp³-hybridized carbons (Fsp3) is 0. The average Bonchev–Trinajstić information content (AvgIpc) is 2.44. The number of halogens is 3. The second-order valence-corrected chi connectivity index (χ2v) is 6.69. The molecule has 0 bridgehead atoms. The maximum absolute atomic E-state index is 12.3. The Kier molecular flexibility index (Phi) is 4.59. The van der Waals surface area contributed by atoms with E-state index in [9.17, 15) is 8.42 Å². The highest BCUT2D eigenvalue weighted by Gasteiger charge is 2.21. The van der Waals surface area contributed by atoms with Crippen LogP contribution in [0.5, 0.6) is 0 Å². The monoisotopic (exact) mass is 361 g/mol. The molecule has 21 heavy (non-hydrogen) atoms. The Labute approximate surface area is 136 Å². The molecule has 1 aromatic carbocycles. The molecular weight excluding hydrogens is 357 g/mol. The van der Waals surface area contributed by atoms with E-state index in [0.29, 0.717) is 0 Å². The quantitative estimate of drug-likeness (QED) is 0.844. The van der Waals surface area contributed by atoms with Crippen molar-refractivity contribution >= 4 is 50.5 Å². The summed E-state index contributed by atoms with van der Waals surface area (Å²) in [6.45, 7) is 0. The topological polar surface area (TPSA) is 82.8 Å². The maximum atomic E-state index is 12.3. The van der Waals surface area contributed by atoms with Crippen molar-refractivity contribution in [3.63, 3.8) is 0 Å². The van der Waals surface area contributed by atoms with Crippen LogP contribution >= 0.6 is 34.8 Å². The van der Waals surface area contributed by atoms with Crippen LogP contribution in [0.2, 0.25) is 15.1 Å². The Bertz CT molecular complexity index is 847.